The Hall–Kier alpha value is -0.430. The Morgan fingerprint density at radius 3 is 2.90 bits per heavy atom. The zero-order valence-electron chi connectivity index (χ0n) is 6.17. The average molecular weight is 152 g/mol. The van der Waals surface area contributed by atoms with Gasteiger partial charge in [0.25, 0.3) is 0 Å². The Kier molecular flexibility index (Phi) is 2.82. The Balaban J connectivity index is 2.72. The van der Waals surface area contributed by atoms with E-state index in [9.17, 15) is 0 Å². The lowest BCUT2D eigenvalue weighted by molar-refractivity contribution is 1.02. The highest BCUT2D eigenvalue weighted by molar-refractivity contribution is 7.84. The molecule has 0 unspecified atom stereocenters. The molecule has 1 rings (SSSR count). The van der Waals surface area contributed by atoms with E-state index >= 15 is 0 Å². The van der Waals surface area contributed by atoms with Crippen molar-refractivity contribution < 1.29 is 0 Å². The number of hydrogen-bond donors (Lipinski definition) is 1. The topological polar surface area (TPSA) is 0 Å². The lowest BCUT2D eigenvalue weighted by Gasteiger charge is -2.04. The second-order valence-electron chi connectivity index (χ2n) is 2.31. The van der Waals surface area contributed by atoms with Gasteiger partial charge in [0, 0.05) is 4.91 Å². The maximum atomic E-state index is 4.31. The van der Waals surface area contributed by atoms with Crippen molar-refractivity contribution in [2.45, 2.75) is 19.8 Å². The summed E-state index contributed by atoms with van der Waals surface area (Å²) in [5.74, 6) is 0. The zero-order valence-corrected chi connectivity index (χ0v) is 7.07. The van der Waals surface area contributed by atoms with Crippen LogP contribution in [0.5, 0.6) is 0 Å². The highest BCUT2D eigenvalue weighted by Gasteiger charge is 1.97. The van der Waals surface area contributed by atoms with Gasteiger partial charge in [-0.3, -0.25) is 0 Å². The van der Waals surface area contributed by atoms with Crippen molar-refractivity contribution in [1.82, 2.24) is 0 Å². The van der Waals surface area contributed by atoms with Gasteiger partial charge in [-0.2, -0.15) is 0 Å². The van der Waals surface area contributed by atoms with Gasteiger partial charge in [0.05, 0.1) is 0 Å². The SMILES string of the molecule is C/C=C(\S)C1=CCCC=C1. The van der Waals surface area contributed by atoms with Gasteiger partial charge < -0.3 is 0 Å². The van der Waals surface area contributed by atoms with Gasteiger partial charge in [-0.1, -0.05) is 24.3 Å². The van der Waals surface area contributed by atoms with Crippen LogP contribution in [0.3, 0.4) is 0 Å². The Labute approximate surface area is 67.7 Å². The minimum absolute atomic E-state index is 1.08. The van der Waals surface area contributed by atoms with Crippen molar-refractivity contribution in [3.8, 4) is 0 Å². The lowest BCUT2D eigenvalue weighted by Crippen LogP contribution is -1.83. The van der Waals surface area contributed by atoms with Crippen LogP contribution < -0.4 is 0 Å². The van der Waals surface area contributed by atoms with Crippen LogP contribution in [-0.2, 0) is 0 Å². The highest BCUT2D eigenvalue weighted by atomic mass is 32.1. The van der Waals surface area contributed by atoms with Crippen molar-refractivity contribution >= 4 is 12.6 Å². The Morgan fingerprint density at radius 2 is 2.40 bits per heavy atom. The van der Waals surface area contributed by atoms with E-state index in [-0.39, 0.29) is 0 Å². The van der Waals surface area contributed by atoms with Gasteiger partial charge in [0.1, 0.15) is 0 Å². The summed E-state index contributed by atoms with van der Waals surface area (Å²) in [6.45, 7) is 2.01. The molecule has 1 heteroatoms. The molecule has 0 saturated carbocycles. The smallest absolute Gasteiger partial charge is 0.00664 e. The molecule has 0 nitrogen and oxygen atoms in total. The molecule has 1 aliphatic rings. The first-order valence-corrected chi connectivity index (χ1v) is 4.01. The highest BCUT2D eigenvalue weighted by Crippen LogP contribution is 2.19. The van der Waals surface area contributed by atoms with Crippen molar-refractivity contribution in [2.24, 2.45) is 0 Å². The number of hydrogen-bond acceptors (Lipinski definition) is 1. The molecule has 0 fully saturated rings. The lowest BCUT2D eigenvalue weighted by atomic mass is 10.1. The molecule has 54 valence electrons. The molecule has 0 spiro atoms. The fourth-order valence-electron chi connectivity index (χ4n) is 0.970. The van der Waals surface area contributed by atoms with Crippen LogP contribution in [0.25, 0.3) is 0 Å². The average Bonchev–Trinajstić information content (AvgIpc) is 2.05. The maximum absolute atomic E-state index is 4.31. The second-order valence-corrected chi connectivity index (χ2v) is 2.79. The number of allylic oxidation sites excluding steroid dienone is 5. The molecule has 0 bridgehead atoms. The molecule has 0 aromatic carbocycles. The molecule has 0 amide bonds. The van der Waals surface area contributed by atoms with Crippen LogP contribution in [0.2, 0.25) is 0 Å². The minimum atomic E-state index is 1.08. The summed E-state index contributed by atoms with van der Waals surface area (Å²) >= 11 is 4.31. The predicted molar refractivity (Wildman–Crippen MR) is 49.2 cm³/mol. The first kappa shape index (κ1) is 7.67. The standard InChI is InChI=1S/C9H12S/c1-2-9(10)8-6-4-3-5-7-8/h2,4,6-7,10H,3,5H2,1H3/b9-2-. The van der Waals surface area contributed by atoms with Gasteiger partial charge in [-0.15, -0.1) is 12.6 Å². The summed E-state index contributed by atoms with van der Waals surface area (Å²) in [6.07, 6.45) is 10.9. The summed E-state index contributed by atoms with van der Waals surface area (Å²) in [5.41, 5.74) is 1.26. The van der Waals surface area contributed by atoms with E-state index in [2.05, 4.69) is 30.9 Å². The molecule has 0 aliphatic heterocycles. The van der Waals surface area contributed by atoms with E-state index in [0.29, 0.717) is 0 Å². The van der Waals surface area contributed by atoms with Gasteiger partial charge in [0.2, 0.25) is 0 Å². The number of thiol groups is 1. The van der Waals surface area contributed by atoms with Crippen molar-refractivity contribution in [3.63, 3.8) is 0 Å². The first-order chi connectivity index (χ1) is 4.84. The molecule has 10 heavy (non-hydrogen) atoms. The minimum Gasteiger partial charge on any atom is -0.143 e. The van der Waals surface area contributed by atoms with Gasteiger partial charge in [-0.25, -0.2) is 0 Å². The number of rotatable bonds is 1. The zero-order chi connectivity index (χ0) is 7.40. The van der Waals surface area contributed by atoms with Crippen LogP contribution in [-0.4, -0.2) is 0 Å². The third-order valence-corrected chi connectivity index (χ3v) is 2.08. The van der Waals surface area contributed by atoms with Gasteiger partial charge in [-0.05, 0) is 25.3 Å². The summed E-state index contributed by atoms with van der Waals surface area (Å²) in [5, 5.41) is 0. The molecule has 0 radical (unpaired) electrons. The van der Waals surface area contributed by atoms with Crippen LogP contribution in [0.1, 0.15) is 19.8 Å². The first-order valence-electron chi connectivity index (χ1n) is 3.57. The second kappa shape index (κ2) is 3.67. The Morgan fingerprint density at radius 1 is 1.60 bits per heavy atom. The quantitative estimate of drug-likeness (QED) is 0.548. The van der Waals surface area contributed by atoms with Gasteiger partial charge in [0.15, 0.2) is 0 Å². The van der Waals surface area contributed by atoms with Crippen LogP contribution in [0.4, 0.5) is 0 Å². The molecule has 0 saturated heterocycles. The molecule has 0 N–H and O–H groups in total. The molecular weight excluding hydrogens is 140 g/mol. The van der Waals surface area contributed by atoms with Crippen molar-refractivity contribution in [3.05, 3.63) is 34.8 Å². The maximum Gasteiger partial charge on any atom is 0.00664 e. The van der Waals surface area contributed by atoms with Crippen LogP contribution in [0.15, 0.2) is 34.8 Å². The molecule has 0 atom stereocenters. The molecule has 0 aromatic rings. The molecule has 1 aliphatic carbocycles. The third kappa shape index (κ3) is 1.77. The third-order valence-electron chi connectivity index (χ3n) is 1.56. The fraction of sp³-hybridized carbons (Fsp3) is 0.333. The van der Waals surface area contributed by atoms with E-state index in [4.69, 9.17) is 0 Å². The summed E-state index contributed by atoms with van der Waals surface area (Å²) in [7, 11) is 0. The molecule has 0 heterocycles. The Bertz CT molecular complexity index is 197. The fourth-order valence-corrected chi connectivity index (χ4v) is 1.14. The van der Waals surface area contributed by atoms with Crippen molar-refractivity contribution in [1.29, 1.82) is 0 Å². The summed E-state index contributed by atoms with van der Waals surface area (Å²) < 4.78 is 0. The normalized spacial score (nSPS) is 19.0. The summed E-state index contributed by atoms with van der Waals surface area (Å²) in [6, 6.07) is 0. The van der Waals surface area contributed by atoms with Gasteiger partial charge >= 0.3 is 0 Å². The van der Waals surface area contributed by atoms with Crippen LogP contribution in [0, 0.1) is 0 Å². The summed E-state index contributed by atoms with van der Waals surface area (Å²) in [4.78, 5) is 1.08. The van der Waals surface area contributed by atoms with Crippen LogP contribution >= 0.6 is 12.6 Å². The predicted octanol–water partition coefficient (Wildman–Crippen LogP) is 3.10. The van der Waals surface area contributed by atoms with E-state index in [0.717, 1.165) is 11.3 Å². The molecule has 0 aromatic heterocycles. The molecular formula is C9H12S. The van der Waals surface area contributed by atoms with E-state index < -0.39 is 0 Å². The van der Waals surface area contributed by atoms with E-state index in [1.807, 2.05) is 13.0 Å². The largest absolute Gasteiger partial charge is 0.143 e. The van der Waals surface area contributed by atoms with Crippen molar-refractivity contribution in [2.75, 3.05) is 0 Å². The monoisotopic (exact) mass is 152 g/mol. The van der Waals surface area contributed by atoms with E-state index in [1.54, 1.807) is 0 Å². The van der Waals surface area contributed by atoms with E-state index in [1.165, 1.54) is 12.0 Å².